The number of Topliss-reactive ketones (excluding diaryl/α,β-unsaturated/α-hetero) is 1. The van der Waals surface area contributed by atoms with Crippen LogP contribution >= 0.6 is 23.1 Å². The van der Waals surface area contributed by atoms with Crippen molar-refractivity contribution in [1.82, 2.24) is 9.97 Å². The number of carbonyl (C=O) groups excluding carboxylic acids is 1. The molecule has 2 aromatic carbocycles. The molecule has 0 unspecified atom stereocenters. The van der Waals surface area contributed by atoms with Crippen LogP contribution in [0.5, 0.6) is 0 Å². The molecule has 5 rings (SSSR count). The Hall–Kier alpha value is -2.70. The topological polar surface area (TPSA) is 62.8 Å². The highest BCUT2D eigenvalue weighted by atomic mass is 32.2. The molecule has 6 heteroatoms. The largest absolute Gasteiger partial charge is 0.301 e. The number of thioether (sulfide) groups is 1. The van der Waals surface area contributed by atoms with E-state index < -0.39 is 0 Å². The van der Waals surface area contributed by atoms with Gasteiger partial charge in [0.1, 0.15) is 4.83 Å². The summed E-state index contributed by atoms with van der Waals surface area (Å²) in [5.74, 6) is 0.261. The zero-order chi connectivity index (χ0) is 20.5. The fourth-order valence-electron chi connectivity index (χ4n) is 3.91. The number of hydrogen-bond donors (Lipinski definition) is 1. The highest BCUT2D eigenvalue weighted by molar-refractivity contribution is 7.99. The predicted molar refractivity (Wildman–Crippen MR) is 124 cm³/mol. The Morgan fingerprint density at radius 2 is 1.73 bits per heavy atom. The lowest BCUT2D eigenvalue weighted by Crippen LogP contribution is -2.11. The van der Waals surface area contributed by atoms with Crippen LogP contribution in [0.15, 0.2) is 64.5 Å². The Bertz CT molecular complexity index is 1270. The highest BCUT2D eigenvalue weighted by Gasteiger charge is 2.20. The van der Waals surface area contributed by atoms with E-state index in [-0.39, 0.29) is 17.1 Å². The Labute approximate surface area is 182 Å². The number of fused-ring (bicyclic) bond motifs is 3. The SMILES string of the molecule is O=C(CSc1nc2sc3c(c2c(=O)[nH]1)CCCC3)c1ccc(-c2ccccc2)cc1. The highest BCUT2D eigenvalue weighted by Crippen LogP contribution is 2.34. The third-order valence-electron chi connectivity index (χ3n) is 5.46. The summed E-state index contributed by atoms with van der Waals surface area (Å²) in [5, 5.41) is 1.27. The molecule has 1 aliphatic rings. The molecule has 0 radical (unpaired) electrons. The van der Waals surface area contributed by atoms with Crippen LogP contribution < -0.4 is 5.56 Å². The van der Waals surface area contributed by atoms with E-state index in [2.05, 4.69) is 9.97 Å². The molecule has 0 amide bonds. The molecule has 4 nitrogen and oxygen atoms in total. The number of benzene rings is 2. The summed E-state index contributed by atoms with van der Waals surface area (Å²) >= 11 is 2.92. The molecular formula is C24H20N2O2S2. The Morgan fingerprint density at radius 3 is 2.53 bits per heavy atom. The van der Waals surface area contributed by atoms with Gasteiger partial charge in [0.2, 0.25) is 0 Å². The first-order valence-corrected chi connectivity index (χ1v) is 11.9. The maximum Gasteiger partial charge on any atom is 0.260 e. The van der Waals surface area contributed by atoms with E-state index in [0.29, 0.717) is 10.7 Å². The molecule has 1 aliphatic carbocycles. The smallest absolute Gasteiger partial charge is 0.260 e. The van der Waals surface area contributed by atoms with Crippen LogP contribution in [0.1, 0.15) is 33.6 Å². The first kappa shape index (κ1) is 19.3. The number of thiophene rings is 1. The third kappa shape index (κ3) is 3.73. The molecule has 0 saturated heterocycles. The number of aromatic amines is 1. The molecule has 2 aromatic heterocycles. The third-order valence-corrected chi connectivity index (χ3v) is 7.52. The molecule has 2 heterocycles. The lowest BCUT2D eigenvalue weighted by molar-refractivity contribution is 0.102. The van der Waals surface area contributed by atoms with Crippen LogP contribution in [0.2, 0.25) is 0 Å². The van der Waals surface area contributed by atoms with Gasteiger partial charge >= 0.3 is 0 Å². The number of hydrogen-bond acceptors (Lipinski definition) is 5. The standard InChI is InChI=1S/C24H20N2O2S2/c27-19(17-12-10-16(11-13-17)15-6-2-1-3-7-15)14-29-24-25-22(28)21-18-8-4-5-9-20(18)30-23(21)26-24/h1-3,6-7,10-13H,4-5,8-9,14H2,(H,25,26,28). The van der Waals surface area contributed by atoms with Crippen molar-refractivity contribution in [2.24, 2.45) is 0 Å². The van der Waals surface area contributed by atoms with Gasteiger partial charge in [-0.05, 0) is 42.4 Å². The van der Waals surface area contributed by atoms with Gasteiger partial charge < -0.3 is 4.98 Å². The maximum absolute atomic E-state index is 12.6. The number of rotatable bonds is 5. The average Bonchev–Trinajstić information content (AvgIpc) is 3.17. The van der Waals surface area contributed by atoms with Crippen LogP contribution in [0, 0.1) is 0 Å². The summed E-state index contributed by atoms with van der Waals surface area (Å²) in [6.07, 6.45) is 4.31. The second kappa shape index (κ2) is 8.20. The van der Waals surface area contributed by atoms with Gasteiger partial charge in [0, 0.05) is 10.4 Å². The summed E-state index contributed by atoms with van der Waals surface area (Å²) in [4.78, 5) is 34.9. The van der Waals surface area contributed by atoms with E-state index >= 15 is 0 Å². The normalized spacial score (nSPS) is 13.3. The van der Waals surface area contributed by atoms with Crippen LogP contribution in [0.25, 0.3) is 21.3 Å². The van der Waals surface area contributed by atoms with Crippen molar-refractivity contribution in [1.29, 1.82) is 0 Å². The lowest BCUT2D eigenvalue weighted by atomic mass is 9.97. The molecule has 0 fully saturated rings. The van der Waals surface area contributed by atoms with Gasteiger partial charge in [-0.15, -0.1) is 11.3 Å². The van der Waals surface area contributed by atoms with E-state index in [1.165, 1.54) is 28.6 Å². The van der Waals surface area contributed by atoms with Crippen LogP contribution in [0.3, 0.4) is 0 Å². The van der Waals surface area contributed by atoms with E-state index in [0.717, 1.165) is 40.6 Å². The average molecular weight is 433 g/mol. The van der Waals surface area contributed by atoms with Gasteiger partial charge in [0.05, 0.1) is 11.1 Å². The first-order chi connectivity index (χ1) is 14.7. The monoisotopic (exact) mass is 432 g/mol. The fraction of sp³-hybridized carbons (Fsp3) is 0.208. The molecule has 0 saturated carbocycles. The minimum atomic E-state index is -0.0819. The molecular weight excluding hydrogens is 412 g/mol. The molecule has 4 aromatic rings. The van der Waals surface area contributed by atoms with E-state index in [1.54, 1.807) is 11.3 Å². The van der Waals surface area contributed by atoms with Gasteiger partial charge in [-0.2, -0.15) is 0 Å². The number of H-pyrrole nitrogens is 1. The summed E-state index contributed by atoms with van der Waals surface area (Å²) in [6.45, 7) is 0. The number of aromatic nitrogens is 2. The number of aryl methyl sites for hydroxylation is 2. The van der Waals surface area contributed by atoms with Crippen molar-refractivity contribution in [3.8, 4) is 11.1 Å². The second-order valence-corrected chi connectivity index (χ2v) is 9.47. The number of carbonyl (C=O) groups is 1. The quantitative estimate of drug-likeness (QED) is 0.257. The predicted octanol–water partition coefficient (Wildman–Crippen LogP) is 5.51. The van der Waals surface area contributed by atoms with Crippen molar-refractivity contribution in [3.05, 3.63) is 81.0 Å². The van der Waals surface area contributed by atoms with Gasteiger partial charge in [-0.25, -0.2) is 4.98 Å². The molecule has 30 heavy (non-hydrogen) atoms. The van der Waals surface area contributed by atoms with Crippen LogP contribution in [0.4, 0.5) is 0 Å². The minimum Gasteiger partial charge on any atom is -0.301 e. The van der Waals surface area contributed by atoms with Crippen molar-refractivity contribution < 1.29 is 4.79 Å². The second-order valence-electron chi connectivity index (χ2n) is 7.42. The summed E-state index contributed by atoms with van der Waals surface area (Å²) in [5.41, 5.74) is 3.97. The number of ketones is 1. The van der Waals surface area contributed by atoms with Crippen LogP contribution in [-0.2, 0) is 12.8 Å². The lowest BCUT2D eigenvalue weighted by Gasteiger charge is -2.09. The Morgan fingerprint density at radius 1 is 1.00 bits per heavy atom. The van der Waals surface area contributed by atoms with E-state index in [9.17, 15) is 9.59 Å². The number of nitrogens with one attached hydrogen (secondary N) is 1. The van der Waals surface area contributed by atoms with E-state index in [1.807, 2.05) is 54.6 Å². The van der Waals surface area contributed by atoms with Crippen LogP contribution in [-0.4, -0.2) is 21.5 Å². The van der Waals surface area contributed by atoms with Crippen molar-refractivity contribution in [2.45, 2.75) is 30.8 Å². The summed E-state index contributed by atoms with van der Waals surface area (Å²) in [7, 11) is 0. The maximum atomic E-state index is 12.6. The molecule has 0 bridgehead atoms. The molecule has 150 valence electrons. The molecule has 1 N–H and O–H groups in total. The minimum absolute atomic E-state index is 0.0211. The van der Waals surface area contributed by atoms with Crippen molar-refractivity contribution in [2.75, 3.05) is 5.75 Å². The first-order valence-electron chi connectivity index (χ1n) is 10.0. The van der Waals surface area contributed by atoms with E-state index in [4.69, 9.17) is 0 Å². The molecule has 0 spiro atoms. The molecule has 0 aliphatic heterocycles. The summed E-state index contributed by atoms with van der Waals surface area (Å²) in [6, 6.07) is 17.7. The zero-order valence-electron chi connectivity index (χ0n) is 16.3. The molecule has 0 atom stereocenters. The van der Waals surface area contributed by atoms with Gasteiger partial charge in [0.25, 0.3) is 5.56 Å². The van der Waals surface area contributed by atoms with Crippen molar-refractivity contribution >= 4 is 39.1 Å². The van der Waals surface area contributed by atoms with Gasteiger partial charge in [0.15, 0.2) is 10.9 Å². The number of nitrogens with zero attached hydrogens (tertiary/aromatic N) is 1. The van der Waals surface area contributed by atoms with Gasteiger partial charge in [-0.1, -0.05) is 66.4 Å². The fourth-order valence-corrected chi connectivity index (χ4v) is 5.98. The summed E-state index contributed by atoms with van der Waals surface area (Å²) < 4.78 is 0. The Kier molecular flexibility index (Phi) is 5.27. The zero-order valence-corrected chi connectivity index (χ0v) is 17.9. The van der Waals surface area contributed by atoms with Gasteiger partial charge in [-0.3, -0.25) is 9.59 Å². The Balaban J connectivity index is 1.31. The van der Waals surface area contributed by atoms with Crippen molar-refractivity contribution in [3.63, 3.8) is 0 Å².